The van der Waals surface area contributed by atoms with Crippen LogP contribution in [-0.4, -0.2) is 44.5 Å². The van der Waals surface area contributed by atoms with Gasteiger partial charge in [0, 0.05) is 5.92 Å². The zero-order valence-electron chi connectivity index (χ0n) is 26.7. The van der Waals surface area contributed by atoms with Crippen LogP contribution in [0.2, 0.25) is 0 Å². The number of esters is 1. The summed E-state index contributed by atoms with van der Waals surface area (Å²) >= 11 is 0. The number of nitrogens with zero attached hydrogens (tertiary/aromatic N) is 2. The minimum Gasteiger partial charge on any atom is -0.488 e. The number of rotatable bonds is 12. The number of allylic oxidation sites excluding steroid dienone is 1. The fourth-order valence-electron chi connectivity index (χ4n) is 6.66. The molecule has 1 heterocycles. The number of aryl methyl sites for hydroxylation is 1. The van der Waals surface area contributed by atoms with Crippen LogP contribution < -0.4 is 21.3 Å². The van der Waals surface area contributed by atoms with Crippen molar-refractivity contribution < 1.29 is 22.7 Å². The first-order valence-corrected chi connectivity index (χ1v) is 17.2. The Hall–Kier alpha value is -4.12. The van der Waals surface area contributed by atoms with E-state index in [1.807, 2.05) is 31.2 Å². The standard InChI is InChI=1S/C36H44N4O5S/c1-5-8-11-27-23-40(46(42,43)34-13-10-9-12-33(34)45-27)31-18-16-25-14-15-26(21-30(25)31)29(22-35(41)44-7-3)28-17-19-32(36(37)24(28)4)39(38)20-6-2/h5-6,9-10,12-15,17,19,21,27,29,31H,1-2,7-8,11,16,18,20,22-23,37-38H2,3-4H3. The second-order valence-electron chi connectivity index (χ2n) is 11.9. The molecule has 0 radical (unpaired) electrons. The van der Waals surface area contributed by atoms with Gasteiger partial charge in [-0.2, -0.15) is 4.31 Å². The normalized spacial score (nSPS) is 19.2. The number of nitrogen functional groups attached to an aromatic ring is 1. The fraction of sp³-hybridized carbons (Fsp3) is 0.361. The average Bonchev–Trinajstić information content (AvgIpc) is 3.41. The lowest BCUT2D eigenvalue weighted by atomic mass is 9.84. The van der Waals surface area contributed by atoms with Gasteiger partial charge in [0.2, 0.25) is 10.0 Å². The number of fused-ring (bicyclic) bond motifs is 2. The second kappa shape index (κ2) is 14.1. The number of ether oxygens (including phenoxy) is 2. The van der Waals surface area contributed by atoms with Crippen LogP contribution in [0.3, 0.4) is 0 Å². The summed E-state index contributed by atoms with van der Waals surface area (Å²) in [5, 5.41) is 1.53. The maximum atomic E-state index is 14.2. The summed E-state index contributed by atoms with van der Waals surface area (Å²) in [7, 11) is -3.88. The van der Waals surface area contributed by atoms with Gasteiger partial charge in [0.05, 0.1) is 43.5 Å². The molecule has 0 aromatic heterocycles. The summed E-state index contributed by atoms with van der Waals surface area (Å²) in [6.07, 6.45) is 6.04. The van der Waals surface area contributed by atoms with E-state index in [4.69, 9.17) is 21.1 Å². The van der Waals surface area contributed by atoms with Crippen molar-refractivity contribution in [2.45, 2.75) is 68.9 Å². The van der Waals surface area contributed by atoms with E-state index in [1.165, 1.54) is 5.01 Å². The largest absolute Gasteiger partial charge is 0.488 e. The third kappa shape index (κ3) is 6.56. The summed E-state index contributed by atoms with van der Waals surface area (Å²) in [6, 6.07) is 16.4. The van der Waals surface area contributed by atoms with Gasteiger partial charge < -0.3 is 20.2 Å². The maximum absolute atomic E-state index is 14.2. The highest BCUT2D eigenvalue weighted by Gasteiger charge is 2.41. The molecule has 0 saturated carbocycles. The Labute approximate surface area is 272 Å². The van der Waals surface area contributed by atoms with Crippen molar-refractivity contribution in [3.05, 3.63) is 108 Å². The second-order valence-corrected chi connectivity index (χ2v) is 13.7. The van der Waals surface area contributed by atoms with Gasteiger partial charge >= 0.3 is 5.97 Å². The molecule has 3 aromatic carbocycles. The fourth-order valence-corrected chi connectivity index (χ4v) is 8.45. The molecular weight excluding hydrogens is 600 g/mol. The Morgan fingerprint density at radius 3 is 2.70 bits per heavy atom. The van der Waals surface area contributed by atoms with E-state index < -0.39 is 10.0 Å². The number of carbonyl (C=O) groups is 1. The van der Waals surface area contributed by atoms with Crippen LogP contribution in [0.4, 0.5) is 11.4 Å². The van der Waals surface area contributed by atoms with Crippen LogP contribution >= 0.6 is 0 Å². The molecule has 46 heavy (non-hydrogen) atoms. The van der Waals surface area contributed by atoms with E-state index in [1.54, 1.807) is 41.6 Å². The lowest BCUT2D eigenvalue weighted by Crippen LogP contribution is -2.39. The number of sulfonamides is 1. The molecular formula is C36H44N4O5S. The van der Waals surface area contributed by atoms with Gasteiger partial charge in [-0.3, -0.25) is 4.79 Å². The molecule has 0 spiro atoms. The van der Waals surface area contributed by atoms with Crippen LogP contribution in [0, 0.1) is 6.92 Å². The number of benzene rings is 3. The van der Waals surface area contributed by atoms with Gasteiger partial charge in [-0.25, -0.2) is 14.3 Å². The molecule has 10 heteroatoms. The Bertz CT molecular complexity index is 1720. The molecule has 4 N–H and O–H groups in total. The summed E-state index contributed by atoms with van der Waals surface area (Å²) in [6.45, 7) is 12.2. The van der Waals surface area contributed by atoms with Crippen molar-refractivity contribution in [3.63, 3.8) is 0 Å². The molecule has 9 nitrogen and oxygen atoms in total. The third-order valence-corrected chi connectivity index (χ3v) is 10.9. The number of carbonyl (C=O) groups excluding carboxylic acids is 1. The summed E-state index contributed by atoms with van der Waals surface area (Å²) in [5.41, 5.74) is 12.4. The highest BCUT2D eigenvalue weighted by molar-refractivity contribution is 7.89. The molecule has 0 amide bonds. The lowest BCUT2D eigenvalue weighted by molar-refractivity contribution is -0.143. The van der Waals surface area contributed by atoms with Gasteiger partial charge in [-0.1, -0.05) is 48.6 Å². The number of hydrogen-bond donors (Lipinski definition) is 2. The quantitative estimate of drug-likeness (QED) is 0.0816. The van der Waals surface area contributed by atoms with Crippen LogP contribution in [0.15, 0.2) is 84.8 Å². The van der Waals surface area contributed by atoms with Crippen molar-refractivity contribution in [2.24, 2.45) is 5.84 Å². The maximum Gasteiger partial charge on any atom is 0.306 e. The Morgan fingerprint density at radius 1 is 1.17 bits per heavy atom. The Balaban J connectivity index is 1.58. The number of nitrogens with two attached hydrogens (primary N) is 2. The topological polar surface area (TPSA) is 128 Å². The zero-order valence-corrected chi connectivity index (χ0v) is 27.5. The van der Waals surface area contributed by atoms with Crippen molar-refractivity contribution in [2.75, 3.05) is 30.4 Å². The van der Waals surface area contributed by atoms with E-state index in [0.29, 0.717) is 42.9 Å². The van der Waals surface area contributed by atoms with E-state index in [-0.39, 0.29) is 48.5 Å². The van der Waals surface area contributed by atoms with Crippen molar-refractivity contribution in [3.8, 4) is 5.75 Å². The SMILES string of the molecule is C=CCCC1CN(C2CCc3ccc(C(CC(=O)OCC)c4ccc(N(N)CC=C)c(N)c4C)cc32)S(=O)(=O)c2ccccc2O1. The van der Waals surface area contributed by atoms with Gasteiger partial charge in [0.25, 0.3) is 0 Å². The van der Waals surface area contributed by atoms with Crippen LogP contribution in [0.1, 0.15) is 72.4 Å². The molecule has 3 atom stereocenters. The molecule has 244 valence electrons. The van der Waals surface area contributed by atoms with Crippen LogP contribution in [0.25, 0.3) is 0 Å². The van der Waals surface area contributed by atoms with E-state index >= 15 is 0 Å². The molecule has 5 rings (SSSR count). The molecule has 0 bridgehead atoms. The number of para-hydroxylation sites is 1. The molecule has 1 aliphatic carbocycles. The van der Waals surface area contributed by atoms with Gasteiger partial charge in [-0.05, 0) is 85.5 Å². The highest BCUT2D eigenvalue weighted by Crippen LogP contribution is 2.45. The first-order valence-electron chi connectivity index (χ1n) is 15.8. The Morgan fingerprint density at radius 2 is 1.96 bits per heavy atom. The molecule has 0 fully saturated rings. The van der Waals surface area contributed by atoms with Gasteiger partial charge in [-0.15, -0.1) is 13.2 Å². The van der Waals surface area contributed by atoms with Crippen molar-refractivity contribution in [1.29, 1.82) is 0 Å². The third-order valence-electron chi connectivity index (χ3n) is 8.99. The minimum absolute atomic E-state index is 0.1000. The molecule has 3 unspecified atom stereocenters. The summed E-state index contributed by atoms with van der Waals surface area (Å²) in [4.78, 5) is 13.1. The van der Waals surface area contributed by atoms with Crippen LogP contribution in [-0.2, 0) is 26.0 Å². The predicted octanol–water partition coefficient (Wildman–Crippen LogP) is 5.93. The molecule has 0 saturated heterocycles. The predicted molar refractivity (Wildman–Crippen MR) is 182 cm³/mol. The van der Waals surface area contributed by atoms with Gasteiger partial charge in [0.15, 0.2) is 0 Å². The average molecular weight is 645 g/mol. The van der Waals surface area contributed by atoms with E-state index in [0.717, 1.165) is 34.2 Å². The van der Waals surface area contributed by atoms with E-state index in [2.05, 4.69) is 25.3 Å². The van der Waals surface area contributed by atoms with Crippen molar-refractivity contribution >= 4 is 27.4 Å². The molecule has 3 aromatic rings. The molecule has 1 aliphatic heterocycles. The first kappa shape index (κ1) is 33.2. The van der Waals surface area contributed by atoms with Crippen LogP contribution in [0.5, 0.6) is 5.75 Å². The highest BCUT2D eigenvalue weighted by atomic mass is 32.2. The monoisotopic (exact) mass is 644 g/mol. The zero-order chi connectivity index (χ0) is 33.0. The molecule has 2 aliphatic rings. The summed E-state index contributed by atoms with van der Waals surface area (Å²) in [5.74, 6) is 5.89. The van der Waals surface area contributed by atoms with Crippen molar-refractivity contribution in [1.82, 2.24) is 4.31 Å². The number of hydrazine groups is 1. The number of hydrogen-bond acceptors (Lipinski definition) is 8. The van der Waals surface area contributed by atoms with E-state index in [9.17, 15) is 13.2 Å². The minimum atomic E-state index is -3.88. The first-order chi connectivity index (χ1) is 22.1. The lowest BCUT2D eigenvalue weighted by Gasteiger charge is -2.30. The Kier molecular flexibility index (Phi) is 10.2. The summed E-state index contributed by atoms with van der Waals surface area (Å²) < 4.78 is 41.8. The smallest absolute Gasteiger partial charge is 0.306 e. The number of anilines is 2. The van der Waals surface area contributed by atoms with Gasteiger partial charge in [0.1, 0.15) is 16.7 Å².